The van der Waals surface area contributed by atoms with Gasteiger partial charge in [-0.3, -0.25) is 4.79 Å². The molecule has 1 aliphatic rings. The van der Waals surface area contributed by atoms with E-state index in [4.69, 9.17) is 0 Å². The van der Waals surface area contributed by atoms with Crippen molar-refractivity contribution in [3.8, 4) is 0 Å². The Morgan fingerprint density at radius 2 is 2.00 bits per heavy atom. The van der Waals surface area contributed by atoms with E-state index in [1.165, 1.54) is 4.90 Å². The van der Waals surface area contributed by atoms with Crippen LogP contribution in [0.3, 0.4) is 0 Å². The Labute approximate surface area is 138 Å². The zero-order chi connectivity index (χ0) is 15.9. The lowest BCUT2D eigenvalue weighted by atomic mass is 10.1. The average Bonchev–Trinajstić information content (AvgIpc) is 2.52. The van der Waals surface area contributed by atoms with Crippen LogP contribution in [0.15, 0.2) is 35.2 Å². The summed E-state index contributed by atoms with van der Waals surface area (Å²) in [6.45, 7) is 3.91. The fraction of sp³-hybridized carbons (Fsp3) is 0.588. The molecule has 0 aromatic heterocycles. The number of benzene rings is 1. The van der Waals surface area contributed by atoms with Crippen molar-refractivity contribution in [3.63, 3.8) is 0 Å². The highest BCUT2D eigenvalue weighted by Gasteiger charge is 2.25. The Hall–Kier alpha value is -1.04. The summed E-state index contributed by atoms with van der Waals surface area (Å²) in [5, 5.41) is 0. The van der Waals surface area contributed by atoms with Crippen LogP contribution >= 0.6 is 11.8 Å². The number of hydrogen-bond donors (Lipinski definition) is 0. The number of likely N-dealkylation sites (N-methyl/N-ethyl adjacent to an activating group) is 2. The van der Waals surface area contributed by atoms with Gasteiger partial charge in [-0.2, -0.15) is 0 Å². The minimum atomic E-state index is 0.251. The Bertz CT molecular complexity index is 468. The van der Waals surface area contributed by atoms with E-state index in [9.17, 15) is 4.79 Å². The molecular weight excluding hydrogens is 294 g/mol. The van der Waals surface area contributed by atoms with Crippen LogP contribution in [-0.4, -0.2) is 79.7 Å². The summed E-state index contributed by atoms with van der Waals surface area (Å²) in [4.78, 5) is 20.1. The molecule has 1 saturated heterocycles. The normalized spacial score (nSPS) is 20.0. The molecule has 22 heavy (non-hydrogen) atoms. The van der Waals surface area contributed by atoms with Crippen LogP contribution in [-0.2, 0) is 4.79 Å². The second-order valence-electron chi connectivity index (χ2n) is 6.08. The lowest BCUT2D eigenvalue weighted by molar-refractivity contribution is -0.131. The van der Waals surface area contributed by atoms with Gasteiger partial charge in [-0.15, -0.1) is 11.8 Å². The van der Waals surface area contributed by atoms with Crippen LogP contribution in [0.2, 0.25) is 0 Å². The predicted octanol–water partition coefficient (Wildman–Crippen LogP) is 1.87. The first-order valence-corrected chi connectivity index (χ1v) is 8.85. The lowest BCUT2D eigenvalue weighted by Crippen LogP contribution is -2.51. The molecule has 1 aliphatic heterocycles. The highest BCUT2D eigenvalue weighted by Crippen LogP contribution is 2.17. The van der Waals surface area contributed by atoms with E-state index in [-0.39, 0.29) is 5.91 Å². The van der Waals surface area contributed by atoms with Crippen molar-refractivity contribution in [2.75, 3.05) is 53.1 Å². The van der Waals surface area contributed by atoms with E-state index < -0.39 is 0 Å². The summed E-state index contributed by atoms with van der Waals surface area (Å²) >= 11 is 1.80. The molecule has 0 radical (unpaired) electrons. The molecular formula is C17H27N3OS. The van der Waals surface area contributed by atoms with Crippen LogP contribution in [0.5, 0.6) is 0 Å². The van der Waals surface area contributed by atoms with Crippen molar-refractivity contribution in [1.29, 1.82) is 0 Å². The molecule has 0 saturated carbocycles. The summed E-state index contributed by atoms with van der Waals surface area (Å²) in [7, 11) is 6.17. The van der Waals surface area contributed by atoms with E-state index in [2.05, 4.69) is 36.0 Å². The molecule has 0 bridgehead atoms. The lowest BCUT2D eigenvalue weighted by Gasteiger charge is -2.38. The summed E-state index contributed by atoms with van der Waals surface area (Å²) in [5.74, 6) is 1.19. The fourth-order valence-corrected chi connectivity index (χ4v) is 3.57. The molecule has 5 heteroatoms. The first-order chi connectivity index (χ1) is 10.6. The van der Waals surface area contributed by atoms with Gasteiger partial charge >= 0.3 is 0 Å². The van der Waals surface area contributed by atoms with Crippen LogP contribution in [0.4, 0.5) is 0 Å². The molecule has 4 nitrogen and oxygen atoms in total. The number of amides is 1. The van der Waals surface area contributed by atoms with Crippen molar-refractivity contribution in [3.05, 3.63) is 30.3 Å². The van der Waals surface area contributed by atoms with Gasteiger partial charge in [0.25, 0.3) is 0 Å². The summed E-state index contributed by atoms with van der Waals surface area (Å²) in [5.41, 5.74) is 0. The van der Waals surface area contributed by atoms with Gasteiger partial charge < -0.3 is 14.7 Å². The zero-order valence-electron chi connectivity index (χ0n) is 13.9. The molecule has 0 aliphatic carbocycles. The van der Waals surface area contributed by atoms with Gasteiger partial charge in [0.05, 0.1) is 0 Å². The Kier molecular flexibility index (Phi) is 6.73. The maximum Gasteiger partial charge on any atom is 0.223 e. The minimum Gasteiger partial charge on any atom is -0.345 e. The van der Waals surface area contributed by atoms with E-state index in [1.54, 1.807) is 11.8 Å². The highest BCUT2D eigenvalue weighted by molar-refractivity contribution is 7.99. The number of rotatable bonds is 6. The van der Waals surface area contributed by atoms with Crippen molar-refractivity contribution in [2.24, 2.45) is 0 Å². The highest BCUT2D eigenvalue weighted by atomic mass is 32.2. The molecule has 1 fully saturated rings. The van der Waals surface area contributed by atoms with E-state index in [1.807, 2.05) is 30.1 Å². The molecule has 1 aromatic carbocycles. The standard InChI is InChI=1S/C17H27N3OS/c1-18-9-10-19(2)15(14-18)13-17(21)20(3)11-12-22-16-7-5-4-6-8-16/h4-8,15H,9-14H2,1-3H3/t15-/m1/s1. The third kappa shape index (κ3) is 5.30. The smallest absolute Gasteiger partial charge is 0.223 e. The third-order valence-electron chi connectivity index (χ3n) is 4.25. The summed E-state index contributed by atoms with van der Waals surface area (Å²) in [6.07, 6.45) is 0.618. The van der Waals surface area contributed by atoms with Gasteiger partial charge in [-0.25, -0.2) is 0 Å². The first kappa shape index (κ1) is 17.3. The van der Waals surface area contributed by atoms with Crippen LogP contribution < -0.4 is 0 Å². The number of piperazine rings is 1. The molecule has 122 valence electrons. The molecule has 0 spiro atoms. The van der Waals surface area contributed by atoms with Crippen LogP contribution in [0, 0.1) is 0 Å². The topological polar surface area (TPSA) is 26.8 Å². The molecule has 1 aromatic rings. The number of carbonyl (C=O) groups excluding carboxylic acids is 1. The van der Waals surface area contributed by atoms with E-state index >= 15 is 0 Å². The molecule has 0 N–H and O–H groups in total. The van der Waals surface area contributed by atoms with Gasteiger partial charge in [-0.05, 0) is 26.2 Å². The second-order valence-corrected chi connectivity index (χ2v) is 7.25. The largest absolute Gasteiger partial charge is 0.345 e. The summed E-state index contributed by atoms with van der Waals surface area (Å²) < 4.78 is 0. The molecule has 1 heterocycles. The third-order valence-corrected chi connectivity index (χ3v) is 5.25. The molecule has 1 amide bonds. The van der Waals surface area contributed by atoms with Crippen LogP contribution in [0.1, 0.15) is 6.42 Å². The number of hydrogen-bond acceptors (Lipinski definition) is 4. The van der Waals surface area contributed by atoms with Gasteiger partial charge in [0.15, 0.2) is 0 Å². The Morgan fingerprint density at radius 3 is 2.73 bits per heavy atom. The quantitative estimate of drug-likeness (QED) is 0.748. The van der Waals surface area contributed by atoms with Crippen molar-refractivity contribution in [2.45, 2.75) is 17.4 Å². The van der Waals surface area contributed by atoms with Gasteiger partial charge in [-0.1, -0.05) is 18.2 Å². The van der Waals surface area contributed by atoms with Gasteiger partial charge in [0.2, 0.25) is 5.91 Å². The molecule has 2 rings (SSSR count). The number of thioether (sulfide) groups is 1. The summed E-state index contributed by atoms with van der Waals surface area (Å²) in [6, 6.07) is 10.7. The predicted molar refractivity (Wildman–Crippen MR) is 93.3 cm³/mol. The van der Waals surface area contributed by atoms with Crippen molar-refractivity contribution in [1.82, 2.24) is 14.7 Å². The van der Waals surface area contributed by atoms with E-state index in [0.29, 0.717) is 12.5 Å². The van der Waals surface area contributed by atoms with E-state index in [0.717, 1.165) is 31.9 Å². The fourth-order valence-electron chi connectivity index (χ4n) is 2.62. The number of nitrogens with zero attached hydrogens (tertiary/aromatic N) is 3. The molecule has 1 atom stereocenters. The van der Waals surface area contributed by atoms with Crippen molar-refractivity contribution < 1.29 is 4.79 Å². The van der Waals surface area contributed by atoms with Gasteiger partial charge in [0.1, 0.15) is 0 Å². The average molecular weight is 321 g/mol. The second kappa shape index (κ2) is 8.56. The monoisotopic (exact) mass is 321 g/mol. The molecule has 0 unspecified atom stereocenters. The van der Waals surface area contributed by atoms with Crippen LogP contribution in [0.25, 0.3) is 0 Å². The zero-order valence-corrected chi connectivity index (χ0v) is 14.7. The SMILES string of the molecule is CN1CCN(C)[C@H](CC(=O)N(C)CCSc2ccccc2)C1. The first-order valence-electron chi connectivity index (χ1n) is 7.87. The minimum absolute atomic E-state index is 0.251. The van der Waals surface area contributed by atoms with Gasteiger partial charge in [0, 0.05) is 56.3 Å². The maximum atomic E-state index is 12.4. The Balaban J connectivity index is 1.72. The number of carbonyl (C=O) groups is 1. The van der Waals surface area contributed by atoms with Crippen molar-refractivity contribution >= 4 is 17.7 Å². The Morgan fingerprint density at radius 1 is 1.27 bits per heavy atom. The maximum absolute atomic E-state index is 12.4.